The largest absolute Gasteiger partial charge is 0.497 e. The summed E-state index contributed by atoms with van der Waals surface area (Å²) >= 11 is 0. The lowest BCUT2D eigenvalue weighted by Gasteiger charge is -2.16. The lowest BCUT2D eigenvalue weighted by molar-refractivity contribution is 0.0572. The van der Waals surface area contributed by atoms with Crippen LogP contribution in [-0.4, -0.2) is 53.6 Å². The van der Waals surface area contributed by atoms with Crippen LogP contribution in [0.25, 0.3) is 0 Å². The number of amides is 2. The van der Waals surface area contributed by atoms with E-state index in [1.165, 1.54) is 4.90 Å². The van der Waals surface area contributed by atoms with E-state index < -0.39 is 12.2 Å². The Morgan fingerprint density at radius 3 is 2.67 bits per heavy atom. The second-order valence-electron chi connectivity index (χ2n) is 4.20. The normalized spacial score (nSPS) is 22.9. The molecule has 1 saturated heterocycles. The van der Waals surface area contributed by atoms with E-state index in [1.54, 1.807) is 31.4 Å². The molecule has 1 aliphatic rings. The zero-order chi connectivity index (χ0) is 13.1. The molecule has 0 spiro atoms. The van der Waals surface area contributed by atoms with Gasteiger partial charge in [0.1, 0.15) is 5.75 Å². The van der Waals surface area contributed by atoms with Crippen LogP contribution in [0.3, 0.4) is 0 Å². The van der Waals surface area contributed by atoms with Crippen molar-refractivity contribution in [3.05, 3.63) is 24.3 Å². The minimum absolute atomic E-state index is 0.136. The molecule has 2 amide bonds. The highest BCUT2D eigenvalue weighted by Gasteiger charge is 2.32. The second-order valence-corrected chi connectivity index (χ2v) is 4.20. The average Bonchev–Trinajstić information content (AvgIpc) is 2.70. The molecule has 98 valence electrons. The summed E-state index contributed by atoms with van der Waals surface area (Å²) in [5.41, 5.74) is 0.607. The van der Waals surface area contributed by atoms with Gasteiger partial charge >= 0.3 is 6.03 Å². The number of likely N-dealkylation sites (tertiary alicyclic amines) is 1. The maximum atomic E-state index is 11.9. The van der Waals surface area contributed by atoms with Gasteiger partial charge in [0.15, 0.2) is 0 Å². The Bertz CT molecular complexity index is 428. The Kier molecular flexibility index (Phi) is 3.69. The van der Waals surface area contributed by atoms with Crippen molar-refractivity contribution in [2.24, 2.45) is 0 Å². The van der Waals surface area contributed by atoms with E-state index in [9.17, 15) is 15.0 Å². The maximum Gasteiger partial charge on any atom is 0.322 e. The molecule has 6 heteroatoms. The van der Waals surface area contributed by atoms with Crippen LogP contribution in [0.2, 0.25) is 0 Å². The molecule has 18 heavy (non-hydrogen) atoms. The molecule has 0 unspecified atom stereocenters. The van der Waals surface area contributed by atoms with E-state index in [1.807, 2.05) is 0 Å². The fourth-order valence-electron chi connectivity index (χ4n) is 1.84. The van der Waals surface area contributed by atoms with Crippen LogP contribution in [0.15, 0.2) is 24.3 Å². The molecule has 2 rings (SSSR count). The number of anilines is 1. The van der Waals surface area contributed by atoms with Crippen LogP contribution >= 0.6 is 0 Å². The number of hydrogen-bond acceptors (Lipinski definition) is 4. The molecule has 1 heterocycles. The van der Waals surface area contributed by atoms with E-state index in [0.29, 0.717) is 11.4 Å². The van der Waals surface area contributed by atoms with Crippen molar-refractivity contribution < 1.29 is 19.7 Å². The highest BCUT2D eigenvalue weighted by molar-refractivity contribution is 5.89. The second kappa shape index (κ2) is 5.24. The third-order valence-electron chi connectivity index (χ3n) is 2.87. The predicted octanol–water partition coefficient (Wildman–Crippen LogP) is 0.264. The standard InChI is InChI=1S/C12H16N2O4/c1-18-9-4-2-3-8(5-9)13-12(17)14-6-10(15)11(16)7-14/h2-5,10-11,15-16H,6-7H2,1H3,(H,13,17)/t10-,11+. The van der Waals surface area contributed by atoms with Crippen LogP contribution < -0.4 is 10.1 Å². The van der Waals surface area contributed by atoms with E-state index in [2.05, 4.69) is 5.32 Å². The fraction of sp³-hybridized carbons (Fsp3) is 0.417. The van der Waals surface area contributed by atoms with Crippen molar-refractivity contribution in [1.29, 1.82) is 0 Å². The molecule has 1 aliphatic heterocycles. The Morgan fingerprint density at radius 1 is 1.39 bits per heavy atom. The van der Waals surface area contributed by atoms with Crippen molar-refractivity contribution in [3.8, 4) is 5.75 Å². The van der Waals surface area contributed by atoms with Crippen molar-refractivity contribution >= 4 is 11.7 Å². The smallest absolute Gasteiger partial charge is 0.322 e. The molecule has 0 aromatic heterocycles. The topological polar surface area (TPSA) is 82.0 Å². The van der Waals surface area contributed by atoms with Crippen LogP contribution in [0.5, 0.6) is 5.75 Å². The van der Waals surface area contributed by atoms with Gasteiger partial charge in [-0.05, 0) is 12.1 Å². The van der Waals surface area contributed by atoms with Gasteiger partial charge in [0.2, 0.25) is 0 Å². The van der Waals surface area contributed by atoms with Crippen LogP contribution in [0.1, 0.15) is 0 Å². The zero-order valence-corrected chi connectivity index (χ0v) is 10.0. The Morgan fingerprint density at radius 2 is 2.06 bits per heavy atom. The molecule has 0 saturated carbocycles. The number of hydrogen-bond donors (Lipinski definition) is 3. The third kappa shape index (κ3) is 2.72. The molecule has 6 nitrogen and oxygen atoms in total. The number of methoxy groups -OCH3 is 1. The van der Waals surface area contributed by atoms with Crippen molar-refractivity contribution in [2.45, 2.75) is 12.2 Å². The summed E-state index contributed by atoms with van der Waals surface area (Å²) < 4.78 is 5.05. The molecule has 1 aromatic rings. The lowest BCUT2D eigenvalue weighted by Crippen LogP contribution is -2.33. The monoisotopic (exact) mass is 252 g/mol. The first-order chi connectivity index (χ1) is 8.60. The van der Waals surface area contributed by atoms with Gasteiger partial charge in [-0.25, -0.2) is 4.79 Å². The molecule has 1 aromatic carbocycles. The van der Waals surface area contributed by atoms with Gasteiger partial charge in [-0.2, -0.15) is 0 Å². The van der Waals surface area contributed by atoms with E-state index in [-0.39, 0.29) is 19.1 Å². The molecular weight excluding hydrogens is 236 g/mol. The average molecular weight is 252 g/mol. The Balaban J connectivity index is 1.99. The summed E-state index contributed by atoms with van der Waals surface area (Å²) in [7, 11) is 1.55. The van der Waals surface area contributed by atoms with Crippen LogP contribution in [0.4, 0.5) is 10.5 Å². The highest BCUT2D eigenvalue weighted by atomic mass is 16.5. The Hall–Kier alpha value is -1.79. The number of rotatable bonds is 2. The Labute approximate surface area is 105 Å². The summed E-state index contributed by atoms with van der Waals surface area (Å²) in [5, 5.41) is 21.4. The summed E-state index contributed by atoms with van der Waals surface area (Å²) in [6, 6.07) is 6.63. The minimum Gasteiger partial charge on any atom is -0.497 e. The molecule has 1 fully saturated rings. The number of aliphatic hydroxyl groups excluding tert-OH is 2. The van der Waals surface area contributed by atoms with Crippen LogP contribution in [-0.2, 0) is 0 Å². The lowest BCUT2D eigenvalue weighted by atomic mass is 10.3. The maximum absolute atomic E-state index is 11.9. The first-order valence-corrected chi connectivity index (χ1v) is 5.66. The van der Waals surface area contributed by atoms with E-state index in [4.69, 9.17) is 4.74 Å². The quantitative estimate of drug-likeness (QED) is 0.705. The van der Waals surface area contributed by atoms with Gasteiger partial charge in [0, 0.05) is 11.8 Å². The van der Waals surface area contributed by atoms with Crippen molar-refractivity contribution in [3.63, 3.8) is 0 Å². The number of benzene rings is 1. The minimum atomic E-state index is -0.874. The zero-order valence-electron chi connectivity index (χ0n) is 10.0. The number of carbonyl (C=O) groups excluding carboxylic acids is 1. The molecule has 0 bridgehead atoms. The summed E-state index contributed by atoms with van der Waals surface area (Å²) in [4.78, 5) is 13.2. The van der Waals surface area contributed by atoms with Gasteiger partial charge < -0.3 is 25.2 Å². The van der Waals surface area contributed by atoms with Gasteiger partial charge in [-0.3, -0.25) is 0 Å². The molecular formula is C12H16N2O4. The van der Waals surface area contributed by atoms with Gasteiger partial charge in [0.05, 0.1) is 32.4 Å². The van der Waals surface area contributed by atoms with Crippen molar-refractivity contribution in [1.82, 2.24) is 4.90 Å². The predicted molar refractivity (Wildman–Crippen MR) is 65.6 cm³/mol. The molecule has 0 aliphatic carbocycles. The SMILES string of the molecule is COc1cccc(NC(=O)N2C[C@@H](O)[C@@H](O)C2)c1. The first kappa shape index (κ1) is 12.7. The van der Waals surface area contributed by atoms with Crippen LogP contribution in [0, 0.1) is 0 Å². The molecule has 3 N–H and O–H groups in total. The molecule has 2 atom stereocenters. The number of ether oxygens (including phenoxy) is 1. The van der Waals surface area contributed by atoms with E-state index in [0.717, 1.165) is 0 Å². The number of urea groups is 1. The van der Waals surface area contributed by atoms with Crippen molar-refractivity contribution in [2.75, 3.05) is 25.5 Å². The third-order valence-corrected chi connectivity index (χ3v) is 2.87. The summed E-state index contributed by atoms with van der Waals surface area (Å²) in [6.07, 6.45) is -1.75. The van der Waals surface area contributed by atoms with Gasteiger partial charge in [-0.15, -0.1) is 0 Å². The number of nitrogens with zero attached hydrogens (tertiary/aromatic N) is 1. The number of aliphatic hydroxyl groups is 2. The highest BCUT2D eigenvalue weighted by Crippen LogP contribution is 2.18. The summed E-state index contributed by atoms with van der Waals surface area (Å²) in [5.74, 6) is 0.647. The molecule has 0 radical (unpaired) electrons. The fourth-order valence-corrected chi connectivity index (χ4v) is 1.84. The number of nitrogens with one attached hydrogen (secondary N) is 1. The first-order valence-electron chi connectivity index (χ1n) is 5.66. The number of carbonyl (C=O) groups is 1. The van der Waals surface area contributed by atoms with E-state index >= 15 is 0 Å². The summed E-state index contributed by atoms with van der Waals surface area (Å²) in [6.45, 7) is 0.272. The number of β-amino-alcohol motifs (C(OH)–C–C–N with tert-alkyl or cyclic N) is 2. The van der Waals surface area contributed by atoms with Gasteiger partial charge in [-0.1, -0.05) is 6.07 Å². The van der Waals surface area contributed by atoms with Gasteiger partial charge in [0.25, 0.3) is 0 Å².